The van der Waals surface area contributed by atoms with E-state index in [1.165, 1.54) is 12.3 Å². The number of ketones is 1. The summed E-state index contributed by atoms with van der Waals surface area (Å²) in [6.45, 7) is 14.8. The van der Waals surface area contributed by atoms with E-state index in [9.17, 15) is 9.59 Å². The molecule has 0 N–H and O–H groups in total. The van der Waals surface area contributed by atoms with Crippen LogP contribution in [0.15, 0.2) is 30.5 Å². The molecule has 2 aliphatic rings. The molecule has 1 amide bonds. The second kappa shape index (κ2) is 10.6. The third-order valence-corrected chi connectivity index (χ3v) is 6.93. The number of aromatic nitrogens is 1. The first-order valence-electron chi connectivity index (χ1n) is 11.6. The number of rotatable bonds is 6. The Morgan fingerprint density at radius 2 is 2.06 bits per heavy atom. The lowest BCUT2D eigenvalue weighted by Gasteiger charge is -2.41. The summed E-state index contributed by atoms with van der Waals surface area (Å²) in [5.41, 5.74) is 3.48. The zero-order valence-corrected chi connectivity index (χ0v) is 20.3. The molecule has 34 heavy (non-hydrogen) atoms. The Kier molecular flexibility index (Phi) is 7.62. The molecule has 1 aromatic heterocycles. The molecule has 0 aliphatic carbocycles. The monoisotopic (exact) mass is 480 g/mol. The molecule has 2 aromatic rings. The largest absolute Gasteiger partial charge is 0.368 e. The molecule has 1 aromatic carbocycles. The summed E-state index contributed by atoms with van der Waals surface area (Å²) in [6.07, 6.45) is 3.18. The van der Waals surface area contributed by atoms with Gasteiger partial charge in [0.05, 0.1) is 0 Å². The number of Topliss-reactive ketones (excluding diaryl/α,β-unsaturated/α-hetero) is 1. The van der Waals surface area contributed by atoms with Crippen LogP contribution in [0.25, 0.3) is 4.85 Å². The van der Waals surface area contributed by atoms with Crippen LogP contribution < -0.4 is 0 Å². The van der Waals surface area contributed by atoms with E-state index in [0.29, 0.717) is 30.3 Å². The van der Waals surface area contributed by atoms with Crippen molar-refractivity contribution in [3.8, 4) is 0 Å². The number of benzene rings is 1. The van der Waals surface area contributed by atoms with Crippen LogP contribution in [0, 0.1) is 13.5 Å². The van der Waals surface area contributed by atoms with Crippen molar-refractivity contribution in [2.45, 2.75) is 51.8 Å². The smallest absolute Gasteiger partial charge is 0.270 e. The lowest BCUT2D eigenvalue weighted by atomic mass is 9.95. The molecule has 0 saturated carbocycles. The number of halogens is 1. The maximum Gasteiger partial charge on any atom is 0.270 e. The first kappa shape index (κ1) is 24.3. The summed E-state index contributed by atoms with van der Waals surface area (Å²) in [5.74, 6) is 0.251. The molecular weight excluding hydrogens is 452 g/mol. The normalized spacial score (nSPS) is 20.8. The van der Waals surface area contributed by atoms with E-state index >= 15 is 0 Å². The Labute approximate surface area is 205 Å². The first-order chi connectivity index (χ1) is 16.4. The molecular formula is C26H29ClN4O3. The van der Waals surface area contributed by atoms with Gasteiger partial charge in [0.2, 0.25) is 0 Å². The van der Waals surface area contributed by atoms with Gasteiger partial charge >= 0.3 is 0 Å². The summed E-state index contributed by atoms with van der Waals surface area (Å²) in [5, 5.41) is 0.597. The Morgan fingerprint density at radius 1 is 1.26 bits per heavy atom. The standard InChI is InChI=1S/C26H29ClN4O3/c1-17-15-30(8-9-31(17)26(33)24-5-4-10-34-24)16-21-12-22(27)11-20(18(21)2)13-23(32)19-6-7-29-25(14-19)28-3/h6-7,11-12,14,17,24H,4-5,8-10,13,15-16H2,1-2H3/t17-,24-/m0/s1. The van der Waals surface area contributed by atoms with Gasteiger partial charge in [0.1, 0.15) is 12.3 Å². The van der Waals surface area contributed by atoms with Crippen molar-refractivity contribution < 1.29 is 14.3 Å². The number of piperazine rings is 1. The number of carbonyl (C=O) groups is 2. The van der Waals surface area contributed by atoms with Gasteiger partial charge in [-0.1, -0.05) is 18.2 Å². The molecule has 2 aliphatic heterocycles. The average molecular weight is 481 g/mol. The summed E-state index contributed by atoms with van der Waals surface area (Å²) >= 11 is 6.44. The van der Waals surface area contributed by atoms with Crippen LogP contribution in [0.4, 0.5) is 5.82 Å². The Morgan fingerprint density at radius 3 is 2.76 bits per heavy atom. The zero-order valence-electron chi connectivity index (χ0n) is 19.6. The van der Waals surface area contributed by atoms with Crippen molar-refractivity contribution >= 4 is 29.1 Å². The molecule has 2 fully saturated rings. The van der Waals surface area contributed by atoms with Crippen molar-refractivity contribution in [2.75, 3.05) is 26.2 Å². The average Bonchev–Trinajstić information content (AvgIpc) is 3.37. The molecule has 0 radical (unpaired) electrons. The third-order valence-electron chi connectivity index (χ3n) is 6.71. The lowest BCUT2D eigenvalue weighted by molar-refractivity contribution is -0.145. The van der Waals surface area contributed by atoms with Gasteiger partial charge in [-0.3, -0.25) is 14.5 Å². The van der Waals surface area contributed by atoms with Crippen molar-refractivity contribution in [3.05, 3.63) is 69.2 Å². The number of pyridine rings is 1. The minimum atomic E-state index is -0.282. The van der Waals surface area contributed by atoms with Crippen LogP contribution >= 0.6 is 11.6 Å². The van der Waals surface area contributed by atoms with Gasteiger partial charge in [-0.25, -0.2) is 0 Å². The number of ether oxygens (including phenoxy) is 1. The van der Waals surface area contributed by atoms with Gasteiger partial charge in [0.25, 0.3) is 11.7 Å². The van der Waals surface area contributed by atoms with Gasteiger partial charge in [-0.2, -0.15) is 0 Å². The maximum absolute atomic E-state index is 12.9. The van der Waals surface area contributed by atoms with E-state index in [4.69, 9.17) is 22.9 Å². The van der Waals surface area contributed by atoms with Crippen molar-refractivity contribution in [1.82, 2.24) is 14.8 Å². The van der Waals surface area contributed by atoms with E-state index in [-0.39, 0.29) is 36.1 Å². The summed E-state index contributed by atoms with van der Waals surface area (Å²) in [7, 11) is 0. The Bertz CT molecular complexity index is 1120. The number of hydrogen-bond donors (Lipinski definition) is 0. The highest BCUT2D eigenvalue weighted by Crippen LogP contribution is 2.26. The van der Waals surface area contributed by atoms with Gasteiger partial charge in [0.15, 0.2) is 5.78 Å². The molecule has 2 saturated heterocycles. The first-order valence-corrected chi connectivity index (χ1v) is 12.0. The van der Waals surface area contributed by atoms with Crippen molar-refractivity contribution in [1.29, 1.82) is 0 Å². The molecule has 4 rings (SSSR count). The second-order valence-electron chi connectivity index (χ2n) is 9.08. The van der Waals surface area contributed by atoms with Crippen molar-refractivity contribution in [2.24, 2.45) is 0 Å². The minimum Gasteiger partial charge on any atom is -0.368 e. The van der Waals surface area contributed by atoms with Crippen LogP contribution in [0.2, 0.25) is 5.02 Å². The van der Waals surface area contributed by atoms with Gasteiger partial charge in [-0.05, 0) is 67.6 Å². The highest BCUT2D eigenvalue weighted by molar-refractivity contribution is 6.30. The second-order valence-corrected chi connectivity index (χ2v) is 9.52. The Balaban J connectivity index is 1.43. The highest BCUT2D eigenvalue weighted by Gasteiger charge is 2.34. The molecule has 0 bridgehead atoms. The number of nitrogens with zero attached hydrogens (tertiary/aromatic N) is 4. The highest BCUT2D eigenvalue weighted by atomic mass is 35.5. The Hall–Kier alpha value is -2.79. The fourth-order valence-electron chi connectivity index (χ4n) is 4.78. The van der Waals surface area contributed by atoms with E-state index in [0.717, 1.165) is 42.6 Å². The molecule has 0 unspecified atom stereocenters. The van der Waals surface area contributed by atoms with Crippen LogP contribution in [-0.2, 0) is 22.5 Å². The molecule has 178 valence electrons. The summed E-state index contributed by atoms with van der Waals surface area (Å²) < 4.78 is 5.59. The lowest BCUT2D eigenvalue weighted by Crippen LogP contribution is -2.55. The summed E-state index contributed by atoms with van der Waals surface area (Å²) in [4.78, 5) is 37.2. The fraction of sp³-hybridized carbons (Fsp3) is 0.462. The van der Waals surface area contributed by atoms with E-state index in [1.54, 1.807) is 6.07 Å². The SMILES string of the molecule is [C-]#[N+]c1cc(C(=O)Cc2cc(Cl)cc(CN3CCN(C(=O)[C@@H]4CCCO4)[C@@H](C)C3)c2C)ccn1. The van der Waals surface area contributed by atoms with Crippen LogP contribution in [0.1, 0.15) is 46.8 Å². The van der Waals surface area contributed by atoms with Crippen LogP contribution in [0.3, 0.4) is 0 Å². The van der Waals surface area contributed by atoms with Crippen LogP contribution in [-0.4, -0.2) is 64.9 Å². The van der Waals surface area contributed by atoms with Gasteiger partial charge in [0, 0.05) is 55.8 Å². The molecule has 0 spiro atoms. The molecule has 8 heteroatoms. The maximum atomic E-state index is 12.9. The number of hydrogen-bond acceptors (Lipinski definition) is 5. The molecule has 7 nitrogen and oxygen atoms in total. The third kappa shape index (κ3) is 5.47. The number of carbonyl (C=O) groups excluding carboxylic acids is 2. The minimum absolute atomic E-state index is 0.0708. The zero-order chi connectivity index (χ0) is 24.2. The van der Waals surface area contributed by atoms with Gasteiger partial charge < -0.3 is 14.5 Å². The van der Waals surface area contributed by atoms with Crippen LogP contribution in [0.5, 0.6) is 0 Å². The fourth-order valence-corrected chi connectivity index (χ4v) is 5.04. The predicted molar refractivity (Wildman–Crippen MR) is 130 cm³/mol. The van der Waals surface area contributed by atoms with E-state index in [2.05, 4.69) is 21.7 Å². The van der Waals surface area contributed by atoms with E-state index < -0.39 is 0 Å². The number of amides is 1. The predicted octanol–water partition coefficient (Wildman–Crippen LogP) is 4.23. The van der Waals surface area contributed by atoms with E-state index in [1.807, 2.05) is 24.0 Å². The molecule has 3 heterocycles. The molecule has 2 atom stereocenters. The van der Waals surface area contributed by atoms with Crippen molar-refractivity contribution in [3.63, 3.8) is 0 Å². The quantitative estimate of drug-likeness (QED) is 0.457. The topological polar surface area (TPSA) is 67.1 Å². The van der Waals surface area contributed by atoms with Gasteiger partial charge in [-0.15, -0.1) is 4.98 Å². The summed E-state index contributed by atoms with van der Waals surface area (Å²) in [6, 6.07) is 7.07.